The van der Waals surface area contributed by atoms with Crippen molar-refractivity contribution >= 4 is 5.97 Å². The summed E-state index contributed by atoms with van der Waals surface area (Å²) in [5, 5.41) is 8.28. The molecule has 0 aromatic carbocycles. The zero-order chi connectivity index (χ0) is 9.98. The van der Waals surface area contributed by atoms with Gasteiger partial charge in [-0.15, -0.1) is 5.53 Å². The molecule has 0 saturated heterocycles. The predicted octanol–water partition coefficient (Wildman–Crippen LogP) is 1.46. The van der Waals surface area contributed by atoms with E-state index in [4.69, 9.17) is 21.9 Å². The van der Waals surface area contributed by atoms with Crippen LogP contribution in [0.4, 0.5) is 0 Å². The van der Waals surface area contributed by atoms with E-state index in [9.17, 15) is 4.79 Å². The van der Waals surface area contributed by atoms with Gasteiger partial charge >= 0.3 is 5.97 Å². The third-order valence-corrected chi connectivity index (χ3v) is 1.19. The standard InChI is InChI=1S/C6H13NO2.HN3/c1-2-3-4-5(7)6(8)9;1-3-2/h5H,2-4,7H2,1H3,(H,8,9);1H/t5-;/m0./s1. The Morgan fingerprint density at radius 2 is 2.25 bits per heavy atom. The maximum absolute atomic E-state index is 10.1. The van der Waals surface area contributed by atoms with Crippen LogP contribution in [0.1, 0.15) is 26.2 Å². The summed E-state index contributed by atoms with van der Waals surface area (Å²) in [6.07, 6.45) is 2.49. The lowest BCUT2D eigenvalue weighted by Crippen LogP contribution is -2.29. The van der Waals surface area contributed by atoms with Crippen molar-refractivity contribution < 1.29 is 9.90 Å². The van der Waals surface area contributed by atoms with E-state index in [1.165, 1.54) is 0 Å². The quantitative estimate of drug-likeness (QED) is 0.339. The van der Waals surface area contributed by atoms with Crippen molar-refractivity contribution in [2.24, 2.45) is 5.73 Å². The molecular weight excluding hydrogens is 160 g/mol. The van der Waals surface area contributed by atoms with Crippen LogP contribution in [-0.2, 0) is 4.79 Å². The van der Waals surface area contributed by atoms with E-state index < -0.39 is 12.0 Å². The first kappa shape index (κ1) is 13.3. The monoisotopic (exact) mass is 174 g/mol. The average molecular weight is 174 g/mol. The van der Waals surface area contributed by atoms with Crippen molar-refractivity contribution in [3.8, 4) is 0 Å². The summed E-state index contributed by atoms with van der Waals surface area (Å²) < 4.78 is 0. The van der Waals surface area contributed by atoms with E-state index in [2.05, 4.69) is 0 Å². The van der Waals surface area contributed by atoms with Crippen molar-refractivity contribution in [1.29, 1.82) is 5.53 Å². The highest BCUT2D eigenvalue weighted by Crippen LogP contribution is 1.96. The molecule has 1 atom stereocenters. The van der Waals surface area contributed by atoms with Gasteiger partial charge in [0.05, 0.1) is 0 Å². The summed E-state index contributed by atoms with van der Waals surface area (Å²) in [7, 11) is 0. The highest BCUT2D eigenvalue weighted by Gasteiger charge is 2.08. The number of rotatable bonds is 4. The van der Waals surface area contributed by atoms with Gasteiger partial charge in [0.25, 0.3) is 0 Å². The number of carboxylic acid groups (broad SMARTS) is 1. The van der Waals surface area contributed by atoms with Crippen LogP contribution in [-0.4, -0.2) is 17.1 Å². The molecule has 0 spiro atoms. The Bertz CT molecular complexity index is 154. The van der Waals surface area contributed by atoms with Crippen LogP contribution in [0.15, 0.2) is 0 Å². The molecule has 12 heavy (non-hydrogen) atoms. The summed E-state index contributed by atoms with van der Waals surface area (Å²) in [4.78, 5) is 11.8. The molecule has 4 N–H and O–H groups in total. The molecule has 0 heterocycles. The first-order valence-electron chi connectivity index (χ1n) is 3.59. The van der Waals surface area contributed by atoms with Crippen molar-refractivity contribution in [2.45, 2.75) is 32.2 Å². The Hall–Kier alpha value is -1.26. The van der Waals surface area contributed by atoms with Gasteiger partial charge in [0.2, 0.25) is 0 Å². The largest absolute Gasteiger partial charge is 0.480 e. The molecule has 0 bridgehead atoms. The van der Waals surface area contributed by atoms with Crippen LogP contribution in [0.5, 0.6) is 0 Å². The van der Waals surface area contributed by atoms with E-state index in [-0.39, 0.29) is 0 Å². The zero-order valence-electron chi connectivity index (χ0n) is 7.03. The van der Waals surface area contributed by atoms with Gasteiger partial charge in [-0.3, -0.25) is 4.79 Å². The fourth-order valence-corrected chi connectivity index (χ4v) is 0.548. The van der Waals surface area contributed by atoms with Gasteiger partial charge in [-0.25, -0.2) is 0 Å². The van der Waals surface area contributed by atoms with E-state index in [1.807, 2.05) is 6.92 Å². The fourth-order valence-electron chi connectivity index (χ4n) is 0.548. The van der Waals surface area contributed by atoms with E-state index in [0.29, 0.717) is 6.42 Å². The van der Waals surface area contributed by atoms with Crippen LogP contribution in [0.2, 0.25) is 0 Å². The number of nitrogens with one attached hydrogen (secondary N) is 1. The minimum Gasteiger partial charge on any atom is -0.480 e. The molecule has 0 aliphatic carbocycles. The molecular formula is C6H14N4O2. The van der Waals surface area contributed by atoms with Gasteiger partial charge < -0.3 is 10.8 Å². The Kier molecular flexibility index (Phi) is 10.8. The Labute approximate surface area is 70.8 Å². The van der Waals surface area contributed by atoms with Crippen LogP contribution >= 0.6 is 0 Å². The number of aliphatic carboxylic acids is 1. The smallest absolute Gasteiger partial charge is 0.320 e. The number of nitrogens with zero attached hydrogens (tertiary/aromatic N) is 2. The molecule has 0 aliphatic rings. The third-order valence-electron chi connectivity index (χ3n) is 1.19. The summed E-state index contributed by atoms with van der Waals surface area (Å²) in [6.45, 7) is 2.01. The first-order chi connectivity index (χ1) is 5.59. The highest BCUT2D eigenvalue weighted by molar-refractivity contribution is 5.72. The topological polar surface area (TPSA) is 124 Å². The second-order valence-electron chi connectivity index (χ2n) is 2.19. The molecule has 0 amide bonds. The molecule has 0 fully saturated rings. The Morgan fingerprint density at radius 3 is 2.50 bits per heavy atom. The van der Waals surface area contributed by atoms with Crippen LogP contribution in [0, 0.1) is 5.53 Å². The highest BCUT2D eigenvalue weighted by atomic mass is 16.4. The number of carboxylic acids is 1. The van der Waals surface area contributed by atoms with Crippen molar-refractivity contribution in [1.82, 2.24) is 0 Å². The fraction of sp³-hybridized carbons (Fsp3) is 0.833. The van der Waals surface area contributed by atoms with Gasteiger partial charge in [-0.1, -0.05) is 19.8 Å². The summed E-state index contributed by atoms with van der Waals surface area (Å²) in [5.74, 6) is -0.900. The SMILES string of the molecule is CCCC[C@H](N)C(=O)O.[N-]=[N+]=N. The van der Waals surface area contributed by atoms with Crippen molar-refractivity contribution in [3.05, 3.63) is 10.4 Å². The second kappa shape index (κ2) is 9.74. The molecule has 0 unspecified atom stereocenters. The summed E-state index contributed by atoms with van der Waals surface area (Å²) in [6, 6.07) is -0.662. The van der Waals surface area contributed by atoms with Gasteiger partial charge in [0.1, 0.15) is 6.04 Å². The first-order valence-corrected chi connectivity index (χ1v) is 3.59. The van der Waals surface area contributed by atoms with Gasteiger partial charge in [-0.05, 0) is 16.9 Å². The number of hydrogen-bond donors (Lipinski definition) is 3. The molecule has 0 aromatic heterocycles. The lowest BCUT2D eigenvalue weighted by Gasteiger charge is -2.02. The van der Waals surface area contributed by atoms with Crippen LogP contribution in [0.25, 0.3) is 10.4 Å². The number of carbonyl (C=O) groups is 1. The van der Waals surface area contributed by atoms with E-state index in [1.54, 1.807) is 4.91 Å². The molecule has 0 radical (unpaired) electrons. The van der Waals surface area contributed by atoms with Crippen LogP contribution < -0.4 is 5.73 Å². The average Bonchev–Trinajstić information content (AvgIpc) is 2.01. The van der Waals surface area contributed by atoms with E-state index in [0.717, 1.165) is 12.8 Å². The maximum atomic E-state index is 10.1. The molecule has 0 aromatic rings. The molecule has 0 saturated carbocycles. The summed E-state index contributed by atoms with van der Waals surface area (Å²) in [5.41, 5.74) is 17.5. The maximum Gasteiger partial charge on any atom is 0.320 e. The summed E-state index contributed by atoms with van der Waals surface area (Å²) >= 11 is 0. The zero-order valence-corrected chi connectivity index (χ0v) is 7.03. The van der Waals surface area contributed by atoms with Crippen molar-refractivity contribution in [2.75, 3.05) is 0 Å². The Morgan fingerprint density at radius 1 is 1.83 bits per heavy atom. The van der Waals surface area contributed by atoms with Crippen LogP contribution in [0.3, 0.4) is 0 Å². The predicted molar refractivity (Wildman–Crippen MR) is 44.6 cm³/mol. The third kappa shape index (κ3) is 11.5. The number of unbranched alkanes of at least 4 members (excludes halogenated alkanes) is 1. The second-order valence-corrected chi connectivity index (χ2v) is 2.19. The molecule has 70 valence electrons. The molecule has 6 nitrogen and oxygen atoms in total. The lowest BCUT2D eigenvalue weighted by molar-refractivity contribution is -0.138. The number of hydrogen-bond acceptors (Lipinski definition) is 3. The molecule has 0 aliphatic heterocycles. The van der Waals surface area contributed by atoms with Gasteiger partial charge in [0.15, 0.2) is 0 Å². The number of nitrogens with two attached hydrogens (primary N) is 1. The minimum atomic E-state index is -0.900. The lowest BCUT2D eigenvalue weighted by atomic mass is 10.1. The van der Waals surface area contributed by atoms with E-state index >= 15 is 0 Å². The van der Waals surface area contributed by atoms with Crippen molar-refractivity contribution in [3.63, 3.8) is 0 Å². The Balaban J connectivity index is 0. The normalized spacial score (nSPS) is 10.5. The molecule has 6 heteroatoms. The minimum absolute atomic E-state index is 0.589. The van der Waals surface area contributed by atoms with Gasteiger partial charge in [-0.2, -0.15) is 0 Å². The van der Waals surface area contributed by atoms with Gasteiger partial charge in [0, 0.05) is 0 Å². The molecule has 0 rings (SSSR count).